The predicted molar refractivity (Wildman–Crippen MR) is 90.4 cm³/mol. The van der Waals surface area contributed by atoms with Gasteiger partial charge < -0.3 is 16.0 Å². The van der Waals surface area contributed by atoms with E-state index < -0.39 is 0 Å². The Hall–Kier alpha value is -2.34. The third kappa shape index (κ3) is 3.90. The Morgan fingerprint density at radius 2 is 2.17 bits per heavy atom. The van der Waals surface area contributed by atoms with Gasteiger partial charge in [-0.25, -0.2) is 4.68 Å². The zero-order chi connectivity index (χ0) is 16.1. The molecule has 3 rings (SSSR count). The number of carbonyl (C=O) groups is 1. The zero-order valence-electron chi connectivity index (χ0n) is 13.4. The lowest BCUT2D eigenvalue weighted by Crippen LogP contribution is -2.35. The van der Waals surface area contributed by atoms with Gasteiger partial charge in [-0.15, -0.1) is 0 Å². The fourth-order valence-corrected chi connectivity index (χ4v) is 2.78. The summed E-state index contributed by atoms with van der Waals surface area (Å²) in [5, 5.41) is 14.0. The number of hydrogen-bond donors (Lipinski definition) is 3. The first-order chi connectivity index (χ1) is 11.3. The van der Waals surface area contributed by atoms with Gasteiger partial charge in [0.25, 0.3) is 5.91 Å². The zero-order valence-corrected chi connectivity index (χ0v) is 13.4. The summed E-state index contributed by atoms with van der Waals surface area (Å²) < 4.78 is 2.01. The van der Waals surface area contributed by atoms with E-state index >= 15 is 0 Å². The van der Waals surface area contributed by atoms with E-state index in [1.54, 1.807) is 0 Å². The fraction of sp³-hybridized carbons (Fsp3) is 0.412. The minimum absolute atomic E-state index is 0.0182. The van der Waals surface area contributed by atoms with E-state index in [0.717, 1.165) is 32.0 Å². The quantitative estimate of drug-likeness (QED) is 0.755. The third-order valence-electron chi connectivity index (χ3n) is 4.04. The molecule has 1 amide bonds. The van der Waals surface area contributed by atoms with Crippen molar-refractivity contribution < 1.29 is 4.79 Å². The molecule has 2 aromatic rings. The fourth-order valence-electron chi connectivity index (χ4n) is 2.78. The average Bonchev–Trinajstić information content (AvgIpc) is 3.03. The topological polar surface area (TPSA) is 71.0 Å². The number of hydrogen-bond acceptors (Lipinski definition) is 4. The second kappa shape index (κ2) is 7.28. The van der Waals surface area contributed by atoms with E-state index in [4.69, 9.17) is 0 Å². The number of nitrogens with zero attached hydrogens (tertiary/aromatic N) is 2. The molecule has 0 saturated heterocycles. The number of carbonyl (C=O) groups excluding carboxylic acids is 1. The first-order valence-corrected chi connectivity index (χ1v) is 8.10. The molecule has 0 radical (unpaired) electrons. The Morgan fingerprint density at radius 3 is 2.96 bits per heavy atom. The second-order valence-corrected chi connectivity index (χ2v) is 5.83. The molecule has 23 heavy (non-hydrogen) atoms. The molecule has 1 aliphatic heterocycles. The highest BCUT2D eigenvalue weighted by molar-refractivity contribution is 5.94. The molecule has 0 saturated carbocycles. The van der Waals surface area contributed by atoms with Crippen LogP contribution in [-0.4, -0.2) is 35.3 Å². The van der Waals surface area contributed by atoms with Crippen LogP contribution in [0.4, 0.5) is 5.82 Å². The molecule has 0 fully saturated rings. The van der Waals surface area contributed by atoms with Crippen LogP contribution in [0.25, 0.3) is 0 Å². The first kappa shape index (κ1) is 15.6. The lowest BCUT2D eigenvalue weighted by atomic mass is 10.1. The lowest BCUT2D eigenvalue weighted by molar-refractivity contribution is 0.0956. The first-order valence-electron chi connectivity index (χ1n) is 8.10. The van der Waals surface area contributed by atoms with Crippen molar-refractivity contribution in [3.63, 3.8) is 0 Å². The maximum absolute atomic E-state index is 11.7. The Labute approximate surface area is 136 Å². The molecule has 1 aromatic heterocycles. The minimum atomic E-state index is -0.0182. The summed E-state index contributed by atoms with van der Waals surface area (Å²) in [5.41, 5.74) is 1.89. The highest BCUT2D eigenvalue weighted by Gasteiger charge is 2.17. The molecule has 0 aliphatic carbocycles. The van der Waals surface area contributed by atoms with Gasteiger partial charge in [-0.05, 0) is 24.6 Å². The molecule has 6 nitrogen and oxygen atoms in total. The number of aromatic nitrogens is 2. The van der Waals surface area contributed by atoms with E-state index in [1.807, 2.05) is 48.1 Å². The summed E-state index contributed by atoms with van der Waals surface area (Å²) in [7, 11) is 0. The molecule has 3 N–H and O–H groups in total. The number of nitrogens with one attached hydrogen (secondary N) is 3. The highest BCUT2D eigenvalue weighted by atomic mass is 16.1. The molecule has 122 valence electrons. The minimum Gasteiger partial charge on any atom is -0.370 e. The van der Waals surface area contributed by atoms with E-state index in [0.29, 0.717) is 18.0 Å². The summed E-state index contributed by atoms with van der Waals surface area (Å²) >= 11 is 0. The summed E-state index contributed by atoms with van der Waals surface area (Å²) in [4.78, 5) is 11.7. The number of fused-ring (bicyclic) bond motifs is 1. The molecule has 6 heteroatoms. The van der Waals surface area contributed by atoms with Gasteiger partial charge in [-0.2, -0.15) is 5.10 Å². The van der Waals surface area contributed by atoms with Crippen molar-refractivity contribution in [2.45, 2.75) is 20.0 Å². The van der Waals surface area contributed by atoms with Gasteiger partial charge in [0, 0.05) is 50.3 Å². The molecule has 1 unspecified atom stereocenters. The lowest BCUT2D eigenvalue weighted by Gasteiger charge is -2.25. The molecule has 0 spiro atoms. The van der Waals surface area contributed by atoms with Crippen LogP contribution in [0.5, 0.6) is 0 Å². The van der Waals surface area contributed by atoms with Gasteiger partial charge >= 0.3 is 0 Å². The van der Waals surface area contributed by atoms with E-state index in [2.05, 4.69) is 21.0 Å². The number of amides is 1. The van der Waals surface area contributed by atoms with Crippen LogP contribution in [0.1, 0.15) is 22.8 Å². The van der Waals surface area contributed by atoms with Crippen molar-refractivity contribution in [3.05, 3.63) is 47.7 Å². The molecular formula is C17H23N5O. The largest absolute Gasteiger partial charge is 0.370 e. The predicted octanol–water partition coefficient (Wildman–Crippen LogP) is 1.46. The van der Waals surface area contributed by atoms with Gasteiger partial charge in [0.15, 0.2) is 0 Å². The second-order valence-electron chi connectivity index (χ2n) is 5.83. The van der Waals surface area contributed by atoms with Gasteiger partial charge in [0.05, 0.1) is 6.20 Å². The number of benzene rings is 1. The molecule has 2 heterocycles. The Balaban J connectivity index is 1.45. The molecular weight excluding hydrogens is 290 g/mol. The van der Waals surface area contributed by atoms with Crippen molar-refractivity contribution in [2.75, 3.05) is 25.0 Å². The molecule has 1 aliphatic rings. The Kier molecular flexibility index (Phi) is 4.92. The summed E-state index contributed by atoms with van der Waals surface area (Å²) in [5.74, 6) is 1.61. The smallest absolute Gasteiger partial charge is 0.251 e. The van der Waals surface area contributed by atoms with E-state index in [9.17, 15) is 4.79 Å². The van der Waals surface area contributed by atoms with Crippen LogP contribution in [0.3, 0.4) is 0 Å². The van der Waals surface area contributed by atoms with Gasteiger partial charge in [0.2, 0.25) is 0 Å². The van der Waals surface area contributed by atoms with Crippen molar-refractivity contribution in [1.29, 1.82) is 0 Å². The van der Waals surface area contributed by atoms with Gasteiger partial charge in [-0.1, -0.05) is 12.1 Å². The normalized spacial score (nSPS) is 16.5. The van der Waals surface area contributed by atoms with Crippen molar-refractivity contribution >= 4 is 11.7 Å². The monoisotopic (exact) mass is 313 g/mol. The maximum atomic E-state index is 11.7. The van der Waals surface area contributed by atoms with Crippen LogP contribution < -0.4 is 16.0 Å². The van der Waals surface area contributed by atoms with E-state index in [-0.39, 0.29) is 5.91 Å². The van der Waals surface area contributed by atoms with Crippen LogP contribution >= 0.6 is 0 Å². The Bertz CT molecular complexity index is 649. The molecule has 1 atom stereocenters. The van der Waals surface area contributed by atoms with Crippen molar-refractivity contribution in [1.82, 2.24) is 20.4 Å². The third-order valence-corrected chi connectivity index (χ3v) is 4.04. The molecule has 0 bridgehead atoms. The van der Waals surface area contributed by atoms with Crippen LogP contribution in [0.2, 0.25) is 0 Å². The Morgan fingerprint density at radius 1 is 1.35 bits per heavy atom. The van der Waals surface area contributed by atoms with Crippen LogP contribution in [0, 0.1) is 5.92 Å². The summed E-state index contributed by atoms with van der Waals surface area (Å²) in [6.45, 7) is 6.22. The number of rotatable bonds is 6. The number of anilines is 1. The van der Waals surface area contributed by atoms with Crippen LogP contribution in [0.15, 0.2) is 36.5 Å². The average molecular weight is 313 g/mol. The summed E-state index contributed by atoms with van der Waals surface area (Å²) in [6.07, 6.45) is 1.83. The SMILES string of the molecule is CCNC(=O)c1ccc(CNCC2CNc3ccnn3C2)cc1. The van der Waals surface area contributed by atoms with Crippen LogP contribution in [-0.2, 0) is 13.1 Å². The van der Waals surface area contributed by atoms with Crippen molar-refractivity contribution in [3.8, 4) is 0 Å². The maximum Gasteiger partial charge on any atom is 0.251 e. The van der Waals surface area contributed by atoms with Gasteiger partial charge in [0.1, 0.15) is 5.82 Å². The standard InChI is InChI=1S/C17H23N5O/c1-2-19-17(23)15-5-3-13(4-6-15)9-18-10-14-11-20-16-7-8-21-22(16)12-14/h3-8,14,18,20H,2,9-12H2,1H3,(H,19,23). The summed E-state index contributed by atoms with van der Waals surface area (Å²) in [6, 6.07) is 9.75. The van der Waals surface area contributed by atoms with Gasteiger partial charge in [-0.3, -0.25) is 4.79 Å². The molecule has 1 aromatic carbocycles. The van der Waals surface area contributed by atoms with Crippen molar-refractivity contribution in [2.24, 2.45) is 5.92 Å². The van der Waals surface area contributed by atoms with E-state index in [1.165, 1.54) is 5.56 Å². The highest BCUT2D eigenvalue weighted by Crippen LogP contribution is 2.15.